The normalized spacial score (nSPS) is 12.6. The van der Waals surface area contributed by atoms with E-state index in [1.807, 2.05) is 39.8 Å². The average Bonchev–Trinajstić information content (AvgIpc) is 2.14. The van der Waals surface area contributed by atoms with Crippen LogP contribution >= 0.6 is 11.6 Å². The van der Waals surface area contributed by atoms with E-state index in [-0.39, 0.29) is 5.78 Å². The van der Waals surface area contributed by atoms with Crippen LogP contribution in [0.2, 0.25) is 0 Å². The molecular weight excluding hydrogens is 208 g/mol. The van der Waals surface area contributed by atoms with Gasteiger partial charge in [-0.2, -0.15) is 0 Å². The maximum absolute atomic E-state index is 12.0. The summed E-state index contributed by atoms with van der Waals surface area (Å²) in [6, 6.07) is 4.05. The van der Waals surface area contributed by atoms with Crippen molar-refractivity contribution in [2.75, 3.05) is 0 Å². The molecular formula is C13H17ClO. The van der Waals surface area contributed by atoms with E-state index in [0.29, 0.717) is 6.42 Å². The zero-order chi connectivity index (χ0) is 11.6. The van der Waals surface area contributed by atoms with Crippen molar-refractivity contribution in [2.24, 2.45) is 0 Å². The molecule has 15 heavy (non-hydrogen) atoms. The van der Waals surface area contributed by atoms with Crippen LogP contribution in [0.5, 0.6) is 0 Å². The van der Waals surface area contributed by atoms with Crippen LogP contribution in [0.3, 0.4) is 0 Å². The van der Waals surface area contributed by atoms with Crippen molar-refractivity contribution in [1.29, 1.82) is 0 Å². The monoisotopic (exact) mass is 224 g/mol. The van der Waals surface area contributed by atoms with Crippen LogP contribution in [0.1, 0.15) is 40.4 Å². The minimum atomic E-state index is -0.398. The maximum Gasteiger partial charge on any atom is 0.181 e. The molecule has 1 nitrogen and oxygen atoms in total. The second-order valence-electron chi connectivity index (χ2n) is 4.01. The van der Waals surface area contributed by atoms with Crippen LogP contribution in [0.4, 0.5) is 0 Å². The molecule has 0 aliphatic heterocycles. The topological polar surface area (TPSA) is 17.1 Å². The fourth-order valence-corrected chi connectivity index (χ4v) is 2.02. The number of alkyl halides is 1. The quantitative estimate of drug-likeness (QED) is 0.564. The second kappa shape index (κ2) is 4.80. The highest BCUT2D eigenvalue weighted by Gasteiger charge is 2.19. The first-order chi connectivity index (χ1) is 6.97. The molecule has 0 spiro atoms. The predicted molar refractivity (Wildman–Crippen MR) is 64.9 cm³/mol. The van der Waals surface area contributed by atoms with Gasteiger partial charge in [-0.15, -0.1) is 11.6 Å². The molecule has 0 aliphatic rings. The first-order valence-electron chi connectivity index (χ1n) is 5.23. The van der Waals surface area contributed by atoms with Crippen LogP contribution in [0.15, 0.2) is 12.1 Å². The van der Waals surface area contributed by atoms with Crippen LogP contribution in [0, 0.1) is 20.8 Å². The van der Waals surface area contributed by atoms with E-state index in [9.17, 15) is 4.79 Å². The second-order valence-corrected chi connectivity index (χ2v) is 4.54. The lowest BCUT2D eigenvalue weighted by Crippen LogP contribution is -2.16. The smallest absolute Gasteiger partial charge is 0.181 e. The fourth-order valence-electron chi connectivity index (χ4n) is 1.91. The van der Waals surface area contributed by atoms with Crippen molar-refractivity contribution >= 4 is 17.4 Å². The van der Waals surface area contributed by atoms with Gasteiger partial charge in [-0.25, -0.2) is 0 Å². The summed E-state index contributed by atoms with van der Waals surface area (Å²) in [5, 5.41) is -0.398. The van der Waals surface area contributed by atoms with Crippen LogP contribution in [0.25, 0.3) is 0 Å². The van der Waals surface area contributed by atoms with Crippen LogP contribution < -0.4 is 0 Å². The number of carbonyl (C=O) groups is 1. The number of rotatable bonds is 3. The summed E-state index contributed by atoms with van der Waals surface area (Å²) in [5.74, 6) is 0.0502. The van der Waals surface area contributed by atoms with Crippen LogP contribution in [-0.4, -0.2) is 11.2 Å². The molecule has 0 radical (unpaired) electrons. The summed E-state index contributed by atoms with van der Waals surface area (Å²) in [5.41, 5.74) is 4.03. The Morgan fingerprint density at radius 1 is 1.27 bits per heavy atom. The Labute approximate surface area is 96.5 Å². The molecule has 0 N–H and O–H groups in total. The first kappa shape index (κ1) is 12.3. The lowest BCUT2D eigenvalue weighted by molar-refractivity contribution is 0.0984. The molecule has 82 valence electrons. The van der Waals surface area contributed by atoms with Gasteiger partial charge in [0, 0.05) is 5.56 Å². The number of aryl methyl sites for hydroxylation is 3. The van der Waals surface area contributed by atoms with E-state index < -0.39 is 5.38 Å². The number of carbonyl (C=O) groups excluding carboxylic acids is 1. The number of benzene rings is 1. The van der Waals surface area contributed by atoms with Gasteiger partial charge in [0.15, 0.2) is 5.78 Å². The minimum Gasteiger partial charge on any atom is -0.292 e. The standard InChI is InChI=1S/C13H17ClO/c1-5-11(14)13(15)12-9(3)6-8(2)7-10(12)4/h6-7,11H,5H2,1-4H3. The van der Waals surface area contributed by atoms with Crippen molar-refractivity contribution < 1.29 is 4.79 Å². The highest BCUT2D eigenvalue weighted by molar-refractivity contribution is 6.34. The Morgan fingerprint density at radius 3 is 2.13 bits per heavy atom. The number of Topliss-reactive ketones (excluding diaryl/α,β-unsaturated/α-hetero) is 1. The van der Waals surface area contributed by atoms with E-state index in [4.69, 9.17) is 11.6 Å². The van der Waals surface area contributed by atoms with E-state index in [0.717, 1.165) is 16.7 Å². The Bertz CT molecular complexity index is 359. The van der Waals surface area contributed by atoms with Crippen molar-refractivity contribution in [2.45, 2.75) is 39.5 Å². The molecule has 0 aliphatic carbocycles. The van der Waals surface area contributed by atoms with E-state index >= 15 is 0 Å². The Hall–Kier alpha value is -0.820. The summed E-state index contributed by atoms with van der Waals surface area (Å²) in [7, 11) is 0. The molecule has 0 bridgehead atoms. The molecule has 0 saturated carbocycles. The largest absolute Gasteiger partial charge is 0.292 e. The molecule has 1 rings (SSSR count). The Balaban J connectivity index is 3.20. The predicted octanol–water partition coefficient (Wildman–Crippen LogP) is 3.81. The summed E-state index contributed by atoms with van der Waals surface area (Å²) in [6.45, 7) is 7.89. The Morgan fingerprint density at radius 2 is 1.73 bits per heavy atom. The highest BCUT2D eigenvalue weighted by Crippen LogP contribution is 2.20. The van der Waals surface area contributed by atoms with Gasteiger partial charge in [-0.05, 0) is 38.3 Å². The summed E-state index contributed by atoms with van der Waals surface area (Å²) >= 11 is 5.98. The molecule has 0 saturated heterocycles. The lowest BCUT2D eigenvalue weighted by atomic mass is 9.94. The molecule has 1 aromatic rings. The van der Waals surface area contributed by atoms with Gasteiger partial charge < -0.3 is 0 Å². The number of hydrogen-bond acceptors (Lipinski definition) is 1. The zero-order valence-electron chi connectivity index (χ0n) is 9.73. The van der Waals surface area contributed by atoms with E-state index in [1.165, 1.54) is 5.56 Å². The third-order valence-electron chi connectivity index (χ3n) is 2.57. The third kappa shape index (κ3) is 2.60. The van der Waals surface area contributed by atoms with Crippen molar-refractivity contribution in [1.82, 2.24) is 0 Å². The molecule has 0 aromatic heterocycles. The van der Waals surface area contributed by atoms with Crippen molar-refractivity contribution in [3.05, 3.63) is 34.4 Å². The Kier molecular flexibility index (Phi) is 3.92. The molecule has 0 amide bonds. The highest BCUT2D eigenvalue weighted by atomic mass is 35.5. The van der Waals surface area contributed by atoms with Gasteiger partial charge in [-0.1, -0.05) is 24.6 Å². The van der Waals surface area contributed by atoms with Gasteiger partial charge in [-0.3, -0.25) is 4.79 Å². The van der Waals surface area contributed by atoms with Crippen molar-refractivity contribution in [3.8, 4) is 0 Å². The fraction of sp³-hybridized carbons (Fsp3) is 0.462. The molecule has 0 heterocycles. The van der Waals surface area contributed by atoms with Gasteiger partial charge >= 0.3 is 0 Å². The zero-order valence-corrected chi connectivity index (χ0v) is 10.5. The first-order valence-corrected chi connectivity index (χ1v) is 5.67. The number of halogens is 1. The van der Waals surface area contributed by atoms with Gasteiger partial charge in [0.05, 0.1) is 5.38 Å². The van der Waals surface area contributed by atoms with Gasteiger partial charge in [0.1, 0.15) is 0 Å². The summed E-state index contributed by atoms with van der Waals surface area (Å²) in [4.78, 5) is 12.0. The van der Waals surface area contributed by atoms with Gasteiger partial charge in [0.2, 0.25) is 0 Å². The minimum absolute atomic E-state index is 0.0502. The number of hydrogen-bond donors (Lipinski definition) is 0. The molecule has 0 fully saturated rings. The van der Waals surface area contributed by atoms with Gasteiger partial charge in [0.25, 0.3) is 0 Å². The summed E-state index contributed by atoms with van der Waals surface area (Å²) < 4.78 is 0. The number of ketones is 1. The van der Waals surface area contributed by atoms with E-state index in [2.05, 4.69) is 0 Å². The maximum atomic E-state index is 12.0. The molecule has 1 unspecified atom stereocenters. The van der Waals surface area contributed by atoms with E-state index in [1.54, 1.807) is 0 Å². The molecule has 2 heteroatoms. The SMILES string of the molecule is CCC(Cl)C(=O)c1c(C)cc(C)cc1C. The average molecular weight is 225 g/mol. The van der Waals surface area contributed by atoms with Crippen molar-refractivity contribution in [3.63, 3.8) is 0 Å². The van der Waals surface area contributed by atoms with Crippen LogP contribution in [-0.2, 0) is 0 Å². The third-order valence-corrected chi connectivity index (χ3v) is 3.07. The lowest BCUT2D eigenvalue weighted by Gasteiger charge is -2.12. The summed E-state index contributed by atoms with van der Waals surface area (Å²) in [6.07, 6.45) is 0.674. The molecule has 1 atom stereocenters. The molecule has 1 aromatic carbocycles.